The van der Waals surface area contributed by atoms with E-state index in [1.54, 1.807) is 0 Å². The molecule has 4 nitrogen and oxygen atoms in total. The molecule has 0 aromatic heterocycles. The average Bonchev–Trinajstić information content (AvgIpc) is 2.11. The average molecular weight is 309 g/mol. The lowest BCUT2D eigenvalue weighted by atomic mass is 10.1. The molecule has 1 rings (SSSR count). The van der Waals surface area contributed by atoms with Crippen molar-refractivity contribution in [2.24, 2.45) is 5.14 Å². The van der Waals surface area contributed by atoms with Crippen LogP contribution in [0.25, 0.3) is 0 Å². The Morgan fingerprint density at radius 1 is 1.00 bits per heavy atom. The molecule has 19 heavy (non-hydrogen) atoms. The molecule has 11 heteroatoms. The van der Waals surface area contributed by atoms with Crippen LogP contribution in [0.15, 0.2) is 17.0 Å². The van der Waals surface area contributed by atoms with E-state index < -0.39 is 50.2 Å². The smallest absolute Gasteiger partial charge is 0.417 e. The summed E-state index contributed by atoms with van der Waals surface area (Å²) in [6.45, 7) is 0. The number of primary sulfonamides is 1. The monoisotopic (exact) mass is 309 g/mol. The van der Waals surface area contributed by atoms with Gasteiger partial charge < -0.3 is 5.11 Å². The quantitative estimate of drug-likeness (QED) is 0.779. The molecule has 3 N–H and O–H groups in total. The van der Waals surface area contributed by atoms with Crippen molar-refractivity contribution in [2.45, 2.75) is 17.2 Å². The summed E-state index contributed by atoms with van der Waals surface area (Å²) in [4.78, 5) is -1.80. The molecule has 0 saturated carbocycles. The van der Waals surface area contributed by atoms with Crippen molar-refractivity contribution in [3.8, 4) is 5.75 Å². The van der Waals surface area contributed by atoms with Crippen LogP contribution in [-0.2, 0) is 22.4 Å². The van der Waals surface area contributed by atoms with Gasteiger partial charge in [-0.15, -0.1) is 0 Å². The van der Waals surface area contributed by atoms with Crippen LogP contribution in [0.1, 0.15) is 11.1 Å². The SMILES string of the molecule is NS(=O)(=O)c1c(O)cc(C(F)(F)F)cc1C(F)(F)F. The normalized spacial score (nSPS) is 13.6. The summed E-state index contributed by atoms with van der Waals surface area (Å²) in [5.74, 6) is -1.72. The van der Waals surface area contributed by atoms with Gasteiger partial charge in [0, 0.05) is 0 Å². The molecule has 0 atom stereocenters. The van der Waals surface area contributed by atoms with E-state index in [2.05, 4.69) is 5.14 Å². The topological polar surface area (TPSA) is 80.4 Å². The molecule has 0 spiro atoms. The highest BCUT2D eigenvalue weighted by atomic mass is 32.2. The third-order valence-corrected chi connectivity index (χ3v) is 2.98. The number of rotatable bonds is 1. The van der Waals surface area contributed by atoms with E-state index in [0.29, 0.717) is 0 Å². The summed E-state index contributed by atoms with van der Waals surface area (Å²) in [5.41, 5.74) is -4.02. The van der Waals surface area contributed by atoms with Crippen molar-refractivity contribution in [1.29, 1.82) is 0 Å². The lowest BCUT2D eigenvalue weighted by molar-refractivity contribution is -0.144. The van der Waals surface area contributed by atoms with Crippen LogP contribution >= 0.6 is 0 Å². The van der Waals surface area contributed by atoms with Gasteiger partial charge in [-0.25, -0.2) is 13.6 Å². The van der Waals surface area contributed by atoms with Crippen LogP contribution in [0.5, 0.6) is 5.75 Å². The molecule has 0 aliphatic heterocycles. The molecular weight excluding hydrogens is 304 g/mol. The Bertz CT molecular complexity index is 604. The maximum Gasteiger partial charge on any atom is 0.417 e. The summed E-state index contributed by atoms with van der Waals surface area (Å²) in [5, 5.41) is 13.5. The van der Waals surface area contributed by atoms with Crippen molar-refractivity contribution >= 4 is 10.0 Å². The standard InChI is InChI=1S/C8H5F6NO3S/c9-7(10,11)3-1-4(8(12,13)14)6(5(16)2-3)19(15,17)18/h1-2,16H,(H2,15,17,18). The highest BCUT2D eigenvalue weighted by Crippen LogP contribution is 2.42. The van der Waals surface area contributed by atoms with Gasteiger partial charge >= 0.3 is 12.4 Å². The minimum atomic E-state index is -5.43. The molecule has 108 valence electrons. The first-order valence-corrected chi connectivity index (χ1v) is 5.83. The second-order valence-electron chi connectivity index (χ2n) is 3.41. The zero-order valence-corrected chi connectivity index (χ0v) is 9.49. The fourth-order valence-corrected chi connectivity index (χ4v) is 2.12. The van der Waals surface area contributed by atoms with E-state index in [1.807, 2.05) is 0 Å². The lowest BCUT2D eigenvalue weighted by Gasteiger charge is -2.16. The molecular formula is C8H5F6NO3S. The summed E-state index contributed by atoms with van der Waals surface area (Å²) >= 11 is 0. The number of sulfonamides is 1. The van der Waals surface area contributed by atoms with Gasteiger partial charge in [-0.1, -0.05) is 0 Å². The Kier molecular flexibility index (Phi) is 3.50. The maximum absolute atomic E-state index is 12.5. The Morgan fingerprint density at radius 2 is 1.47 bits per heavy atom. The minimum Gasteiger partial charge on any atom is -0.507 e. The number of nitrogens with two attached hydrogens (primary N) is 1. The Morgan fingerprint density at radius 3 is 1.79 bits per heavy atom. The molecule has 0 amide bonds. The number of hydrogen-bond acceptors (Lipinski definition) is 3. The molecule has 0 saturated heterocycles. The molecule has 1 aromatic rings. The van der Waals surface area contributed by atoms with Gasteiger partial charge in [0.15, 0.2) is 0 Å². The van der Waals surface area contributed by atoms with Crippen LogP contribution in [0.3, 0.4) is 0 Å². The van der Waals surface area contributed by atoms with Gasteiger partial charge in [-0.05, 0) is 12.1 Å². The van der Waals surface area contributed by atoms with Crippen molar-refractivity contribution in [1.82, 2.24) is 0 Å². The van der Waals surface area contributed by atoms with Gasteiger partial charge in [0.1, 0.15) is 10.6 Å². The number of hydrogen-bond donors (Lipinski definition) is 2. The fraction of sp³-hybridized carbons (Fsp3) is 0.250. The zero-order valence-electron chi connectivity index (χ0n) is 8.67. The van der Waals surface area contributed by atoms with Crippen molar-refractivity contribution in [2.75, 3.05) is 0 Å². The highest BCUT2D eigenvalue weighted by Gasteiger charge is 2.42. The molecule has 0 fully saturated rings. The van der Waals surface area contributed by atoms with Crippen LogP contribution in [0, 0.1) is 0 Å². The number of halogens is 6. The largest absolute Gasteiger partial charge is 0.507 e. The second kappa shape index (κ2) is 4.27. The van der Waals surface area contributed by atoms with E-state index in [1.165, 1.54) is 0 Å². The number of benzene rings is 1. The Balaban J connectivity index is 3.79. The number of phenolic OH excluding ortho intramolecular Hbond substituents is 1. The van der Waals surface area contributed by atoms with Crippen LogP contribution in [-0.4, -0.2) is 13.5 Å². The molecule has 0 radical (unpaired) electrons. The van der Waals surface area contributed by atoms with Crippen LogP contribution in [0.2, 0.25) is 0 Å². The summed E-state index contributed by atoms with van der Waals surface area (Å²) in [7, 11) is -5.05. The summed E-state index contributed by atoms with van der Waals surface area (Å²) in [6.07, 6.45) is -10.6. The van der Waals surface area contributed by atoms with Gasteiger partial charge in [-0.2, -0.15) is 26.3 Å². The predicted octanol–water partition coefficient (Wildman–Crippen LogP) is 2.08. The first-order chi connectivity index (χ1) is 8.24. The lowest BCUT2D eigenvalue weighted by Crippen LogP contribution is -2.20. The van der Waals surface area contributed by atoms with Gasteiger partial charge in [0.25, 0.3) is 0 Å². The van der Waals surface area contributed by atoms with E-state index >= 15 is 0 Å². The number of aromatic hydroxyl groups is 1. The third-order valence-electron chi connectivity index (χ3n) is 1.99. The van der Waals surface area contributed by atoms with E-state index in [0.717, 1.165) is 0 Å². The predicted molar refractivity (Wildman–Crippen MR) is 49.5 cm³/mol. The number of alkyl halides is 6. The Hall–Kier alpha value is -1.49. The van der Waals surface area contributed by atoms with E-state index in [9.17, 15) is 34.8 Å². The maximum atomic E-state index is 12.5. The molecule has 0 unspecified atom stereocenters. The highest BCUT2D eigenvalue weighted by molar-refractivity contribution is 7.89. The fourth-order valence-electron chi connectivity index (χ4n) is 1.29. The summed E-state index contributed by atoms with van der Waals surface area (Å²) in [6, 6.07) is -0.575. The molecule has 0 bridgehead atoms. The van der Waals surface area contributed by atoms with Crippen molar-refractivity contribution in [3.63, 3.8) is 0 Å². The van der Waals surface area contributed by atoms with Gasteiger partial charge in [0.05, 0.1) is 11.1 Å². The molecule has 1 aromatic carbocycles. The van der Waals surface area contributed by atoms with Crippen LogP contribution < -0.4 is 5.14 Å². The molecule has 0 aliphatic carbocycles. The first-order valence-electron chi connectivity index (χ1n) is 4.29. The molecule has 0 heterocycles. The number of phenols is 1. The van der Waals surface area contributed by atoms with Crippen LogP contribution in [0.4, 0.5) is 26.3 Å². The second-order valence-corrected chi connectivity index (χ2v) is 4.91. The zero-order chi connectivity index (χ0) is 15.2. The van der Waals surface area contributed by atoms with Crippen molar-refractivity contribution in [3.05, 3.63) is 23.3 Å². The molecule has 0 aliphatic rings. The van der Waals surface area contributed by atoms with Gasteiger partial charge in [0.2, 0.25) is 10.0 Å². The Labute approximate surface area is 102 Å². The van der Waals surface area contributed by atoms with E-state index in [-0.39, 0.29) is 6.07 Å². The van der Waals surface area contributed by atoms with E-state index in [4.69, 9.17) is 5.11 Å². The minimum absolute atomic E-state index is 0.144. The summed E-state index contributed by atoms with van der Waals surface area (Å²) < 4.78 is 96.3. The van der Waals surface area contributed by atoms with Crippen molar-refractivity contribution < 1.29 is 39.9 Å². The first kappa shape index (κ1) is 15.6. The van der Waals surface area contributed by atoms with Gasteiger partial charge in [-0.3, -0.25) is 0 Å². The third kappa shape index (κ3) is 3.29.